The van der Waals surface area contributed by atoms with Gasteiger partial charge >= 0.3 is 19.8 Å². The number of phosphoric acid groups is 1. The van der Waals surface area contributed by atoms with Crippen LogP contribution in [-0.2, 0) is 32.7 Å². The Morgan fingerprint density at radius 2 is 1.26 bits per heavy atom. The molecule has 0 bridgehead atoms. The van der Waals surface area contributed by atoms with E-state index < -0.39 is 57.6 Å². The van der Waals surface area contributed by atoms with Gasteiger partial charge in [0.2, 0.25) is 5.91 Å². The first kappa shape index (κ1) is 43.7. The molecule has 0 radical (unpaired) electrons. The van der Waals surface area contributed by atoms with Crippen molar-refractivity contribution in [1.29, 1.82) is 0 Å². The lowest BCUT2D eigenvalue weighted by Gasteiger charge is -2.18. The Balaban J connectivity index is 3.92. The van der Waals surface area contributed by atoms with Crippen LogP contribution in [-0.4, -0.2) is 64.9 Å². The molecule has 266 valence electrons. The van der Waals surface area contributed by atoms with Crippen LogP contribution in [0.4, 0.5) is 0 Å². The molecule has 4 N–H and O–H groups in total. The van der Waals surface area contributed by atoms with Gasteiger partial charge in [-0.1, -0.05) is 108 Å². The van der Waals surface area contributed by atoms with E-state index in [1.54, 1.807) is 0 Å². The van der Waals surface area contributed by atoms with Crippen LogP contribution in [0.1, 0.15) is 129 Å². The van der Waals surface area contributed by atoms with Crippen LogP contribution in [0.3, 0.4) is 0 Å². The summed E-state index contributed by atoms with van der Waals surface area (Å²) in [5, 5.41) is 21.5. The third-order valence-electron chi connectivity index (χ3n) is 6.94. The van der Waals surface area contributed by atoms with E-state index in [1.807, 2.05) is 0 Å². The number of esters is 1. The quantitative estimate of drug-likeness (QED) is 0.0253. The van der Waals surface area contributed by atoms with Crippen molar-refractivity contribution in [2.24, 2.45) is 0 Å². The molecule has 0 saturated heterocycles. The van der Waals surface area contributed by atoms with E-state index in [0.29, 0.717) is 12.8 Å². The largest absolute Gasteiger partial charge is 0.480 e. The van der Waals surface area contributed by atoms with Gasteiger partial charge in [-0.3, -0.25) is 18.6 Å². The summed E-state index contributed by atoms with van der Waals surface area (Å²) in [6, 6.07) is -1.54. The number of hydrogen-bond donors (Lipinski definition) is 4. The molecular weight excluding hydrogens is 613 g/mol. The average Bonchev–Trinajstić information content (AvgIpc) is 3.02. The smallest absolute Gasteiger partial charge is 0.472 e. The minimum absolute atomic E-state index is 0.140. The molecule has 1 amide bonds. The molecule has 0 spiro atoms. The van der Waals surface area contributed by atoms with Gasteiger partial charge in [0.05, 0.1) is 13.2 Å². The number of carbonyl (C=O) groups is 3. The number of unbranched alkanes of at least 4 members (excludes halogenated alkanes) is 11. The monoisotopic (exact) mass is 673 g/mol. The molecule has 3 atom stereocenters. The van der Waals surface area contributed by atoms with Crippen LogP contribution in [0.2, 0.25) is 0 Å². The molecule has 0 heterocycles. The Bertz CT molecular complexity index is 937. The highest BCUT2D eigenvalue weighted by molar-refractivity contribution is 7.47. The third-order valence-corrected chi connectivity index (χ3v) is 7.89. The summed E-state index contributed by atoms with van der Waals surface area (Å²) in [7, 11) is -4.74. The number of carboxylic acid groups (broad SMARTS) is 1. The third kappa shape index (κ3) is 29.1. The topological polar surface area (TPSA) is 169 Å². The Kier molecular flexibility index (Phi) is 28.6. The molecule has 0 rings (SSSR count). The molecule has 0 aromatic carbocycles. The number of hydrogen-bond acceptors (Lipinski definition) is 8. The Morgan fingerprint density at radius 3 is 1.89 bits per heavy atom. The van der Waals surface area contributed by atoms with E-state index in [2.05, 4.69) is 55.6 Å². The zero-order valence-corrected chi connectivity index (χ0v) is 29.0. The lowest BCUT2D eigenvalue weighted by Crippen LogP contribution is -2.43. The minimum Gasteiger partial charge on any atom is -0.480 e. The van der Waals surface area contributed by atoms with Gasteiger partial charge in [0.1, 0.15) is 12.7 Å². The van der Waals surface area contributed by atoms with E-state index in [9.17, 15) is 34.1 Å². The Hall–Kier alpha value is -2.30. The number of amides is 1. The maximum absolute atomic E-state index is 12.1. The number of nitrogens with one attached hydrogen (secondary N) is 1. The van der Waals surface area contributed by atoms with Crippen LogP contribution in [0.5, 0.6) is 0 Å². The predicted molar refractivity (Wildman–Crippen MR) is 180 cm³/mol. The molecule has 0 aromatic heterocycles. The fraction of sp³-hybridized carbons (Fsp3) is 0.735. The van der Waals surface area contributed by atoms with Gasteiger partial charge in [-0.05, 0) is 44.9 Å². The van der Waals surface area contributed by atoms with Crippen LogP contribution < -0.4 is 5.32 Å². The fourth-order valence-corrected chi connectivity index (χ4v) is 5.04. The second-order valence-corrected chi connectivity index (χ2v) is 12.8. The fourth-order valence-electron chi connectivity index (χ4n) is 4.27. The van der Waals surface area contributed by atoms with E-state index in [1.165, 1.54) is 12.8 Å². The van der Waals surface area contributed by atoms with E-state index in [-0.39, 0.29) is 12.8 Å². The zero-order chi connectivity index (χ0) is 34.3. The van der Waals surface area contributed by atoms with Crippen LogP contribution in [0, 0.1) is 0 Å². The lowest BCUT2D eigenvalue weighted by atomic mass is 10.1. The summed E-state index contributed by atoms with van der Waals surface area (Å²) in [6.45, 7) is 2.30. The summed E-state index contributed by atoms with van der Waals surface area (Å²) < 4.78 is 26.5. The predicted octanol–water partition coefficient (Wildman–Crippen LogP) is 7.32. The molecule has 3 unspecified atom stereocenters. The van der Waals surface area contributed by atoms with E-state index in [4.69, 9.17) is 13.8 Å². The van der Waals surface area contributed by atoms with Crippen LogP contribution in [0.15, 0.2) is 36.5 Å². The van der Waals surface area contributed by atoms with Crippen molar-refractivity contribution in [3.8, 4) is 0 Å². The molecule has 0 aliphatic heterocycles. The Labute approximate surface area is 276 Å². The number of carbonyl (C=O) groups excluding carboxylic acids is 2. The van der Waals surface area contributed by atoms with Crippen molar-refractivity contribution in [3.05, 3.63) is 36.5 Å². The van der Waals surface area contributed by atoms with Crippen molar-refractivity contribution in [2.45, 2.75) is 142 Å². The van der Waals surface area contributed by atoms with Gasteiger partial charge in [-0.15, -0.1) is 0 Å². The number of carboxylic acids is 1. The molecule has 0 aliphatic rings. The SMILES string of the molecule is CC/C=C\C/C=C\C/C=C\CCCCCCCCCC(=O)OCC(O)COP(=O)(O)OCC(NC(=O)CCCCCCC)C(=O)O. The normalized spacial score (nSPS) is 14.5. The number of ether oxygens (including phenoxy) is 1. The zero-order valence-electron chi connectivity index (χ0n) is 28.1. The van der Waals surface area contributed by atoms with Gasteiger partial charge in [0.25, 0.3) is 0 Å². The number of aliphatic carboxylic acids is 1. The first-order valence-electron chi connectivity index (χ1n) is 17.0. The first-order valence-corrected chi connectivity index (χ1v) is 18.5. The van der Waals surface area contributed by atoms with Gasteiger partial charge < -0.3 is 25.2 Å². The van der Waals surface area contributed by atoms with Gasteiger partial charge in [-0.25, -0.2) is 9.36 Å². The highest BCUT2D eigenvalue weighted by Crippen LogP contribution is 2.43. The summed E-state index contributed by atoms with van der Waals surface area (Å²) in [4.78, 5) is 45.2. The molecule has 0 aromatic rings. The van der Waals surface area contributed by atoms with Crippen LogP contribution >= 0.6 is 7.82 Å². The highest BCUT2D eigenvalue weighted by atomic mass is 31.2. The highest BCUT2D eigenvalue weighted by Gasteiger charge is 2.28. The van der Waals surface area contributed by atoms with Crippen molar-refractivity contribution < 1.29 is 47.8 Å². The molecule has 0 fully saturated rings. The number of aliphatic hydroxyl groups is 1. The first-order chi connectivity index (χ1) is 22.1. The second kappa shape index (κ2) is 30.1. The van der Waals surface area contributed by atoms with Gasteiger partial charge in [0.15, 0.2) is 6.04 Å². The number of phosphoric ester groups is 1. The van der Waals surface area contributed by atoms with Crippen molar-refractivity contribution >= 4 is 25.7 Å². The molecule has 12 heteroatoms. The lowest BCUT2D eigenvalue weighted by molar-refractivity contribution is -0.147. The maximum Gasteiger partial charge on any atom is 0.472 e. The van der Waals surface area contributed by atoms with Gasteiger partial charge in [0, 0.05) is 12.8 Å². The minimum atomic E-state index is -4.74. The number of aliphatic hydroxyl groups excluding tert-OH is 1. The number of rotatable bonds is 31. The van der Waals surface area contributed by atoms with Crippen molar-refractivity contribution in [2.75, 3.05) is 19.8 Å². The molecule has 0 aliphatic carbocycles. The molecule has 0 saturated carbocycles. The van der Waals surface area contributed by atoms with E-state index >= 15 is 0 Å². The summed E-state index contributed by atoms with van der Waals surface area (Å²) in [5.74, 6) is -2.41. The van der Waals surface area contributed by atoms with Crippen LogP contribution in [0.25, 0.3) is 0 Å². The molecule has 46 heavy (non-hydrogen) atoms. The van der Waals surface area contributed by atoms with E-state index in [0.717, 1.165) is 77.0 Å². The summed E-state index contributed by atoms with van der Waals surface area (Å²) in [6.07, 6.45) is 28.2. The summed E-state index contributed by atoms with van der Waals surface area (Å²) >= 11 is 0. The van der Waals surface area contributed by atoms with Gasteiger partial charge in [-0.2, -0.15) is 0 Å². The molecular formula is C34H60NO10P. The summed E-state index contributed by atoms with van der Waals surface area (Å²) in [5.41, 5.74) is 0. The average molecular weight is 674 g/mol. The standard InChI is InChI=1S/C34H60NO10P/c1-3-5-7-9-10-11-12-13-14-15-16-17-18-19-20-22-24-26-33(38)43-27-30(36)28-44-46(41,42)45-29-31(34(39)40)35-32(37)25-23-21-8-6-4-2/h5,7,10-11,13-14,30-31,36H,3-4,6,8-9,12,15-29H2,1-2H3,(H,35,37)(H,39,40)(H,41,42)/b7-5-,11-10-,14-13-. The van der Waals surface area contributed by atoms with Crippen molar-refractivity contribution in [1.82, 2.24) is 5.32 Å². The second-order valence-electron chi connectivity index (χ2n) is 11.3. The Morgan fingerprint density at radius 1 is 0.717 bits per heavy atom. The maximum atomic E-state index is 12.1. The van der Waals surface area contributed by atoms with Crippen molar-refractivity contribution in [3.63, 3.8) is 0 Å². The molecule has 11 nitrogen and oxygen atoms in total. The number of allylic oxidation sites excluding steroid dienone is 6.